The lowest BCUT2D eigenvalue weighted by Crippen LogP contribution is -2.37. The highest BCUT2D eigenvalue weighted by Crippen LogP contribution is 2.19. The van der Waals surface area contributed by atoms with Gasteiger partial charge in [-0.1, -0.05) is 30.3 Å². The van der Waals surface area contributed by atoms with Crippen molar-refractivity contribution in [1.29, 1.82) is 0 Å². The first-order chi connectivity index (χ1) is 13.0. The number of amides is 1. The summed E-state index contributed by atoms with van der Waals surface area (Å²) in [7, 11) is 0. The zero-order valence-corrected chi connectivity index (χ0v) is 15.8. The Kier molecular flexibility index (Phi) is 4.36. The van der Waals surface area contributed by atoms with E-state index in [4.69, 9.17) is 4.98 Å². The minimum Gasteiger partial charge on any atom is -0.329 e. The van der Waals surface area contributed by atoms with Crippen molar-refractivity contribution in [2.75, 3.05) is 0 Å². The molecule has 0 aliphatic heterocycles. The Morgan fingerprint density at radius 3 is 2.63 bits per heavy atom. The molecule has 0 spiro atoms. The van der Waals surface area contributed by atoms with Gasteiger partial charge < -0.3 is 4.90 Å². The van der Waals surface area contributed by atoms with E-state index in [1.54, 1.807) is 0 Å². The molecule has 0 radical (unpaired) electrons. The highest BCUT2D eigenvalue weighted by molar-refractivity contribution is 5.95. The average molecular weight is 358 g/mol. The van der Waals surface area contributed by atoms with Gasteiger partial charge in [-0.05, 0) is 45.0 Å². The van der Waals surface area contributed by atoms with Crippen LogP contribution in [0.1, 0.15) is 35.7 Å². The third-order valence-electron chi connectivity index (χ3n) is 4.78. The maximum absolute atomic E-state index is 13.4. The molecule has 4 rings (SSSR count). The molecule has 0 N–H and O–H groups in total. The maximum atomic E-state index is 13.4. The second kappa shape index (κ2) is 6.83. The van der Waals surface area contributed by atoms with Crippen molar-refractivity contribution in [2.24, 2.45) is 0 Å². The number of carbonyl (C=O) groups is 1. The van der Waals surface area contributed by atoms with E-state index >= 15 is 0 Å². The summed E-state index contributed by atoms with van der Waals surface area (Å²) >= 11 is 0. The van der Waals surface area contributed by atoms with Crippen molar-refractivity contribution < 1.29 is 4.79 Å². The average Bonchev–Trinajstić information content (AvgIpc) is 3.01. The van der Waals surface area contributed by atoms with E-state index in [2.05, 4.69) is 11.1 Å². The van der Waals surface area contributed by atoms with Gasteiger partial charge in [0.1, 0.15) is 11.3 Å². The van der Waals surface area contributed by atoms with Crippen LogP contribution in [0.5, 0.6) is 0 Å². The van der Waals surface area contributed by atoms with Crippen LogP contribution >= 0.6 is 0 Å². The first kappa shape index (κ1) is 17.2. The first-order valence-electron chi connectivity index (χ1n) is 9.14. The van der Waals surface area contributed by atoms with Crippen molar-refractivity contribution in [3.05, 3.63) is 77.9 Å². The quantitative estimate of drug-likeness (QED) is 0.548. The number of aromatic nitrogens is 3. The Morgan fingerprint density at radius 1 is 1.04 bits per heavy atom. The van der Waals surface area contributed by atoms with Crippen molar-refractivity contribution in [3.8, 4) is 0 Å². The van der Waals surface area contributed by atoms with Crippen molar-refractivity contribution >= 4 is 22.5 Å². The number of carbonyl (C=O) groups excluding carboxylic acids is 1. The Bertz CT molecular complexity index is 1130. The number of pyridine rings is 2. The van der Waals surface area contributed by atoms with Crippen LogP contribution in [0.25, 0.3) is 16.6 Å². The lowest BCUT2D eigenvalue weighted by Gasteiger charge is -2.26. The predicted octanol–water partition coefficient (Wildman–Crippen LogP) is 4.24. The number of imidazole rings is 1. The Hall–Kier alpha value is -3.21. The van der Waals surface area contributed by atoms with E-state index < -0.39 is 0 Å². The number of para-hydroxylation sites is 1. The number of benzene rings is 1. The van der Waals surface area contributed by atoms with Gasteiger partial charge in [-0.3, -0.25) is 14.2 Å². The van der Waals surface area contributed by atoms with Gasteiger partial charge in [0.2, 0.25) is 0 Å². The largest absolute Gasteiger partial charge is 0.329 e. The van der Waals surface area contributed by atoms with E-state index in [1.165, 1.54) is 0 Å². The monoisotopic (exact) mass is 358 g/mol. The molecule has 1 aromatic carbocycles. The van der Waals surface area contributed by atoms with Crippen molar-refractivity contribution in [1.82, 2.24) is 19.3 Å². The van der Waals surface area contributed by atoms with Crippen molar-refractivity contribution in [2.45, 2.75) is 33.4 Å². The number of nitrogens with zero attached hydrogens (tertiary/aromatic N) is 4. The lowest BCUT2D eigenvalue weighted by atomic mass is 10.2. The summed E-state index contributed by atoms with van der Waals surface area (Å²) in [5.74, 6) is -0.0313. The summed E-state index contributed by atoms with van der Waals surface area (Å²) in [4.78, 5) is 24.5. The summed E-state index contributed by atoms with van der Waals surface area (Å²) in [6.45, 7) is 6.39. The van der Waals surface area contributed by atoms with E-state index in [1.807, 2.05) is 84.8 Å². The summed E-state index contributed by atoms with van der Waals surface area (Å²) in [6, 6.07) is 17.9. The highest BCUT2D eigenvalue weighted by atomic mass is 16.2. The molecule has 5 heteroatoms. The zero-order chi connectivity index (χ0) is 19.0. The third kappa shape index (κ3) is 3.16. The van der Waals surface area contributed by atoms with Crippen LogP contribution in [0.3, 0.4) is 0 Å². The van der Waals surface area contributed by atoms with Crippen LogP contribution in [0.2, 0.25) is 0 Å². The minimum atomic E-state index is -0.0313. The molecule has 3 aromatic heterocycles. The molecule has 0 unspecified atom stereocenters. The van der Waals surface area contributed by atoms with Crippen LogP contribution in [-0.4, -0.2) is 31.2 Å². The maximum Gasteiger partial charge on any atom is 0.273 e. The van der Waals surface area contributed by atoms with E-state index in [0.717, 1.165) is 27.9 Å². The number of hydrogen-bond donors (Lipinski definition) is 0. The van der Waals surface area contributed by atoms with Gasteiger partial charge in [0.05, 0.1) is 23.4 Å². The van der Waals surface area contributed by atoms with E-state index in [-0.39, 0.29) is 11.9 Å². The summed E-state index contributed by atoms with van der Waals surface area (Å²) in [5, 5.41) is 1.10. The minimum absolute atomic E-state index is 0.0313. The highest BCUT2D eigenvalue weighted by Gasteiger charge is 2.25. The van der Waals surface area contributed by atoms with Gasteiger partial charge in [-0.25, -0.2) is 4.98 Å². The Labute approximate surface area is 158 Å². The van der Waals surface area contributed by atoms with Crippen LogP contribution in [-0.2, 0) is 6.54 Å². The fourth-order valence-electron chi connectivity index (χ4n) is 3.37. The van der Waals surface area contributed by atoms with E-state index in [0.29, 0.717) is 12.2 Å². The summed E-state index contributed by atoms with van der Waals surface area (Å²) in [5.41, 5.74) is 3.95. The van der Waals surface area contributed by atoms with Crippen LogP contribution < -0.4 is 0 Å². The lowest BCUT2D eigenvalue weighted by molar-refractivity contribution is 0.0680. The SMILES string of the molecule is Cc1nc2ccccn2c1C(=O)N(Cc1ccc2ccccc2n1)C(C)C. The Morgan fingerprint density at radius 2 is 1.81 bits per heavy atom. The van der Waals surface area contributed by atoms with Crippen molar-refractivity contribution in [3.63, 3.8) is 0 Å². The van der Waals surface area contributed by atoms with Gasteiger partial charge in [-0.15, -0.1) is 0 Å². The Balaban J connectivity index is 1.71. The molecule has 0 aliphatic rings. The molecule has 1 amide bonds. The normalized spacial score (nSPS) is 11.4. The second-order valence-electron chi connectivity index (χ2n) is 7.00. The molecular weight excluding hydrogens is 336 g/mol. The van der Waals surface area contributed by atoms with Gasteiger partial charge in [0, 0.05) is 17.6 Å². The van der Waals surface area contributed by atoms with Gasteiger partial charge in [0.25, 0.3) is 5.91 Å². The van der Waals surface area contributed by atoms with Gasteiger partial charge in [-0.2, -0.15) is 0 Å². The molecule has 0 saturated heterocycles. The summed E-state index contributed by atoms with van der Waals surface area (Å²) in [6.07, 6.45) is 1.88. The molecule has 5 nitrogen and oxygen atoms in total. The molecule has 4 aromatic rings. The van der Waals surface area contributed by atoms with E-state index in [9.17, 15) is 4.79 Å². The van der Waals surface area contributed by atoms with Crippen LogP contribution in [0, 0.1) is 6.92 Å². The molecule has 3 heterocycles. The molecule has 0 bridgehead atoms. The molecular formula is C22H22N4O. The predicted molar refractivity (Wildman–Crippen MR) is 107 cm³/mol. The summed E-state index contributed by atoms with van der Waals surface area (Å²) < 4.78 is 1.86. The molecule has 0 saturated carbocycles. The molecule has 0 fully saturated rings. The number of rotatable bonds is 4. The number of aryl methyl sites for hydroxylation is 1. The molecule has 0 atom stereocenters. The molecule has 136 valence electrons. The topological polar surface area (TPSA) is 50.5 Å². The fourth-order valence-corrected chi connectivity index (χ4v) is 3.37. The van der Waals surface area contributed by atoms with Gasteiger partial charge >= 0.3 is 0 Å². The first-order valence-corrected chi connectivity index (χ1v) is 9.14. The smallest absolute Gasteiger partial charge is 0.273 e. The van der Waals surface area contributed by atoms with Crippen LogP contribution in [0.15, 0.2) is 60.8 Å². The standard InChI is InChI=1S/C22H22N4O/c1-15(2)26(14-18-12-11-17-8-4-5-9-19(17)24-18)22(27)21-16(3)23-20-10-6-7-13-25(20)21/h4-13,15H,14H2,1-3H3. The number of hydrogen-bond acceptors (Lipinski definition) is 3. The second-order valence-corrected chi connectivity index (χ2v) is 7.00. The van der Waals surface area contributed by atoms with Gasteiger partial charge in [0.15, 0.2) is 0 Å². The third-order valence-corrected chi connectivity index (χ3v) is 4.78. The van der Waals surface area contributed by atoms with Crippen LogP contribution in [0.4, 0.5) is 0 Å². The molecule has 0 aliphatic carbocycles. The zero-order valence-electron chi connectivity index (χ0n) is 15.8. The number of fused-ring (bicyclic) bond motifs is 2. The fraction of sp³-hybridized carbons (Fsp3) is 0.227. The molecule has 27 heavy (non-hydrogen) atoms.